The third kappa shape index (κ3) is 3.75. The monoisotopic (exact) mass is 281 g/mol. The zero-order chi connectivity index (χ0) is 14.6. The maximum Gasteiger partial charge on any atom is 0.244 e. The summed E-state index contributed by atoms with van der Waals surface area (Å²) in [6.45, 7) is 8.10. The smallest absolute Gasteiger partial charge is 0.244 e. The molecule has 5 nitrogen and oxygen atoms in total. The van der Waals surface area contributed by atoms with Crippen LogP contribution in [0.4, 0.5) is 0 Å². The molecule has 0 aliphatic heterocycles. The summed E-state index contributed by atoms with van der Waals surface area (Å²) in [7, 11) is -3.56. The van der Waals surface area contributed by atoms with E-state index < -0.39 is 10.0 Å². The Hall–Kier alpha value is -1.45. The summed E-state index contributed by atoms with van der Waals surface area (Å²) in [6, 6.07) is 4.59. The Morgan fingerprint density at radius 3 is 2.32 bits per heavy atom. The highest BCUT2D eigenvalue weighted by atomic mass is 32.2. The summed E-state index contributed by atoms with van der Waals surface area (Å²) < 4.78 is 26.5. The van der Waals surface area contributed by atoms with Gasteiger partial charge in [0.15, 0.2) is 0 Å². The zero-order valence-corrected chi connectivity index (χ0v) is 12.5. The van der Waals surface area contributed by atoms with E-state index in [4.69, 9.17) is 5.26 Å². The van der Waals surface area contributed by atoms with E-state index in [2.05, 4.69) is 4.98 Å². The standard InChI is InChI=1S/C13H19N3O2S/c1-10(2)9-16(11(3)4)19(17,18)13-6-5-12(7-14)15-8-13/h5-6,8,10-11H,9H2,1-4H3. The third-order valence-electron chi connectivity index (χ3n) is 2.58. The maximum absolute atomic E-state index is 12.5. The summed E-state index contributed by atoms with van der Waals surface area (Å²) in [5, 5.41) is 8.68. The minimum atomic E-state index is -3.56. The van der Waals surface area contributed by atoms with Crippen LogP contribution < -0.4 is 0 Å². The number of pyridine rings is 1. The van der Waals surface area contributed by atoms with Gasteiger partial charge in [0, 0.05) is 18.8 Å². The van der Waals surface area contributed by atoms with E-state index in [1.807, 2.05) is 33.8 Å². The molecule has 19 heavy (non-hydrogen) atoms. The first kappa shape index (κ1) is 15.6. The fraction of sp³-hybridized carbons (Fsp3) is 0.538. The first-order chi connectivity index (χ1) is 8.78. The van der Waals surface area contributed by atoms with Crippen LogP contribution in [-0.2, 0) is 10.0 Å². The van der Waals surface area contributed by atoms with Gasteiger partial charge in [0.1, 0.15) is 16.7 Å². The molecule has 0 amide bonds. The quantitative estimate of drug-likeness (QED) is 0.827. The molecule has 0 spiro atoms. The van der Waals surface area contributed by atoms with Gasteiger partial charge in [0.05, 0.1) is 0 Å². The van der Waals surface area contributed by atoms with Gasteiger partial charge in [-0.3, -0.25) is 0 Å². The highest BCUT2D eigenvalue weighted by molar-refractivity contribution is 7.89. The van der Waals surface area contributed by atoms with E-state index >= 15 is 0 Å². The predicted octanol–water partition coefficient (Wildman–Crippen LogP) is 2.01. The van der Waals surface area contributed by atoms with E-state index in [1.165, 1.54) is 22.6 Å². The van der Waals surface area contributed by atoms with Crippen molar-refractivity contribution >= 4 is 10.0 Å². The van der Waals surface area contributed by atoms with Gasteiger partial charge in [-0.25, -0.2) is 13.4 Å². The van der Waals surface area contributed by atoms with Crippen LogP contribution in [0.3, 0.4) is 0 Å². The second kappa shape index (κ2) is 6.13. The normalized spacial score (nSPS) is 12.1. The summed E-state index contributed by atoms with van der Waals surface area (Å²) in [6.07, 6.45) is 1.24. The molecular formula is C13H19N3O2S. The van der Waals surface area contributed by atoms with E-state index in [1.54, 1.807) is 0 Å². The maximum atomic E-state index is 12.5. The predicted molar refractivity (Wildman–Crippen MR) is 72.8 cm³/mol. The number of nitrogens with zero attached hydrogens (tertiary/aromatic N) is 3. The van der Waals surface area contributed by atoms with Crippen molar-refractivity contribution in [3.05, 3.63) is 24.0 Å². The van der Waals surface area contributed by atoms with Crippen molar-refractivity contribution in [2.75, 3.05) is 6.54 Å². The molecular weight excluding hydrogens is 262 g/mol. The van der Waals surface area contributed by atoms with Crippen LogP contribution in [-0.4, -0.2) is 30.3 Å². The van der Waals surface area contributed by atoms with Crippen LogP contribution in [0.1, 0.15) is 33.4 Å². The fourth-order valence-electron chi connectivity index (χ4n) is 1.68. The Balaban J connectivity index is 3.15. The molecule has 0 saturated heterocycles. The van der Waals surface area contributed by atoms with Gasteiger partial charge >= 0.3 is 0 Å². The van der Waals surface area contributed by atoms with Crippen molar-refractivity contribution in [2.24, 2.45) is 5.92 Å². The van der Waals surface area contributed by atoms with Crippen LogP contribution in [0, 0.1) is 17.2 Å². The Morgan fingerprint density at radius 2 is 1.95 bits per heavy atom. The lowest BCUT2D eigenvalue weighted by Crippen LogP contribution is -2.39. The zero-order valence-electron chi connectivity index (χ0n) is 11.7. The Morgan fingerprint density at radius 1 is 1.32 bits per heavy atom. The molecule has 0 bridgehead atoms. The van der Waals surface area contributed by atoms with E-state index in [9.17, 15) is 8.42 Å². The molecule has 0 fully saturated rings. The summed E-state index contributed by atoms with van der Waals surface area (Å²) >= 11 is 0. The molecule has 1 aromatic rings. The molecule has 1 aromatic heterocycles. The van der Waals surface area contributed by atoms with E-state index in [-0.39, 0.29) is 22.5 Å². The minimum Gasteiger partial charge on any atom is -0.244 e. The van der Waals surface area contributed by atoms with Gasteiger partial charge in [-0.2, -0.15) is 9.57 Å². The number of hydrogen-bond acceptors (Lipinski definition) is 4. The van der Waals surface area contributed by atoms with E-state index in [0.29, 0.717) is 6.54 Å². The van der Waals surface area contributed by atoms with Crippen LogP contribution in [0.25, 0.3) is 0 Å². The fourth-order valence-corrected chi connectivity index (χ4v) is 3.43. The molecule has 0 N–H and O–H groups in total. The van der Waals surface area contributed by atoms with Crippen LogP contribution in [0.15, 0.2) is 23.2 Å². The molecule has 1 heterocycles. The van der Waals surface area contributed by atoms with Crippen molar-refractivity contribution in [1.29, 1.82) is 5.26 Å². The second-order valence-corrected chi connectivity index (χ2v) is 6.94. The summed E-state index contributed by atoms with van der Waals surface area (Å²) in [4.78, 5) is 3.94. The van der Waals surface area contributed by atoms with Gasteiger partial charge in [-0.15, -0.1) is 0 Å². The van der Waals surface area contributed by atoms with Crippen molar-refractivity contribution in [1.82, 2.24) is 9.29 Å². The second-order valence-electron chi connectivity index (χ2n) is 5.05. The number of rotatable bonds is 5. The highest BCUT2D eigenvalue weighted by Gasteiger charge is 2.27. The van der Waals surface area contributed by atoms with Crippen molar-refractivity contribution in [3.63, 3.8) is 0 Å². The molecule has 0 aliphatic carbocycles. The SMILES string of the molecule is CC(C)CN(C(C)C)S(=O)(=O)c1ccc(C#N)nc1. The average molecular weight is 281 g/mol. The Labute approximate surface area is 114 Å². The number of aromatic nitrogens is 1. The molecule has 0 aromatic carbocycles. The first-order valence-corrected chi connectivity index (χ1v) is 7.61. The lowest BCUT2D eigenvalue weighted by atomic mass is 10.2. The third-order valence-corrected chi connectivity index (χ3v) is 4.60. The van der Waals surface area contributed by atoms with Crippen molar-refractivity contribution in [3.8, 4) is 6.07 Å². The minimum absolute atomic E-state index is 0.122. The highest BCUT2D eigenvalue weighted by Crippen LogP contribution is 2.19. The first-order valence-electron chi connectivity index (χ1n) is 6.17. The van der Waals surface area contributed by atoms with Crippen molar-refractivity contribution in [2.45, 2.75) is 38.6 Å². The molecule has 0 aliphatic rings. The summed E-state index contributed by atoms with van der Waals surface area (Å²) in [5.41, 5.74) is 0.207. The van der Waals surface area contributed by atoms with Crippen LogP contribution in [0.2, 0.25) is 0 Å². The number of hydrogen-bond donors (Lipinski definition) is 0. The molecule has 104 valence electrons. The topological polar surface area (TPSA) is 74.1 Å². The summed E-state index contributed by atoms with van der Waals surface area (Å²) in [5.74, 6) is 0.239. The van der Waals surface area contributed by atoms with Crippen molar-refractivity contribution < 1.29 is 8.42 Å². The molecule has 1 rings (SSSR count). The Bertz CT molecular complexity index is 557. The van der Waals surface area contributed by atoms with Gasteiger partial charge in [-0.1, -0.05) is 13.8 Å². The van der Waals surface area contributed by atoms with Gasteiger partial charge < -0.3 is 0 Å². The number of sulfonamides is 1. The molecule has 0 saturated carbocycles. The lowest BCUT2D eigenvalue weighted by Gasteiger charge is -2.27. The lowest BCUT2D eigenvalue weighted by molar-refractivity contribution is 0.319. The Kier molecular flexibility index (Phi) is 5.04. The molecule has 0 unspecified atom stereocenters. The van der Waals surface area contributed by atoms with E-state index in [0.717, 1.165) is 0 Å². The van der Waals surface area contributed by atoms with Crippen LogP contribution >= 0.6 is 0 Å². The molecule has 0 radical (unpaired) electrons. The molecule has 6 heteroatoms. The molecule has 0 atom stereocenters. The van der Waals surface area contributed by atoms with Crippen LogP contribution in [0.5, 0.6) is 0 Å². The van der Waals surface area contributed by atoms with Gasteiger partial charge in [0.2, 0.25) is 10.0 Å². The van der Waals surface area contributed by atoms with Gasteiger partial charge in [-0.05, 0) is 31.9 Å². The average Bonchev–Trinajstić information content (AvgIpc) is 2.35. The van der Waals surface area contributed by atoms with Gasteiger partial charge in [0.25, 0.3) is 0 Å². The number of nitriles is 1. The largest absolute Gasteiger partial charge is 0.244 e.